The summed E-state index contributed by atoms with van der Waals surface area (Å²) in [5.41, 5.74) is 0.797. The van der Waals surface area contributed by atoms with Crippen LogP contribution in [0, 0.1) is 6.92 Å². The molecule has 2 rings (SSSR count). The number of aldehydes is 1. The van der Waals surface area contributed by atoms with E-state index in [2.05, 4.69) is 13.0 Å². The Kier molecular flexibility index (Phi) is 1.70. The number of carbonyl (C=O) groups is 1. The number of carbonyl (C=O) groups excluding carboxylic acids is 1. The maximum Gasteiger partial charge on any atom is 0.151 e. The Hall–Kier alpha value is -1.15. The number of rotatable bonds is 1. The highest BCUT2D eigenvalue weighted by Gasteiger charge is 2.01. The van der Waals surface area contributed by atoms with Crippen LogP contribution >= 0.6 is 11.3 Å². The molecule has 0 aliphatic carbocycles. The van der Waals surface area contributed by atoms with E-state index in [4.69, 9.17) is 0 Å². The van der Waals surface area contributed by atoms with Gasteiger partial charge in [0.2, 0.25) is 0 Å². The topological polar surface area (TPSA) is 17.1 Å². The normalized spacial score (nSPS) is 10.4. The van der Waals surface area contributed by atoms with Crippen LogP contribution < -0.4 is 0 Å². The molecule has 1 heterocycles. The van der Waals surface area contributed by atoms with Crippen molar-refractivity contribution in [3.05, 3.63) is 34.7 Å². The molecule has 2 aromatic rings. The second-order valence-corrected chi connectivity index (χ2v) is 4.00. The van der Waals surface area contributed by atoms with E-state index in [1.54, 1.807) is 11.3 Å². The molecule has 0 aliphatic heterocycles. The minimum atomic E-state index is 0.797. The van der Waals surface area contributed by atoms with Gasteiger partial charge in [0.05, 0.1) is 0 Å². The summed E-state index contributed by atoms with van der Waals surface area (Å²) in [4.78, 5) is 11.9. The van der Waals surface area contributed by atoms with Gasteiger partial charge in [-0.15, -0.1) is 11.3 Å². The first kappa shape index (κ1) is 7.50. The predicted octanol–water partition coefficient (Wildman–Crippen LogP) is 3.02. The van der Waals surface area contributed by atoms with Crippen molar-refractivity contribution in [2.45, 2.75) is 6.92 Å². The Morgan fingerprint density at radius 3 is 3.00 bits per heavy atom. The van der Waals surface area contributed by atoms with Gasteiger partial charge in [-0.3, -0.25) is 4.79 Å². The lowest BCUT2D eigenvalue weighted by Crippen LogP contribution is -1.76. The van der Waals surface area contributed by atoms with Gasteiger partial charge in [-0.25, -0.2) is 0 Å². The maximum atomic E-state index is 10.6. The molecule has 1 nitrogen and oxygen atoms in total. The molecule has 2 heteroatoms. The predicted molar refractivity (Wildman–Crippen MR) is 51.9 cm³/mol. The van der Waals surface area contributed by atoms with E-state index in [0.717, 1.165) is 16.5 Å². The zero-order valence-electron chi connectivity index (χ0n) is 6.70. The zero-order chi connectivity index (χ0) is 8.55. The lowest BCUT2D eigenvalue weighted by molar-refractivity contribution is 0.112. The van der Waals surface area contributed by atoms with Crippen LogP contribution in [0.5, 0.6) is 0 Å². The molecule has 0 saturated carbocycles. The van der Waals surface area contributed by atoms with Crippen molar-refractivity contribution in [1.29, 1.82) is 0 Å². The first-order valence-corrected chi connectivity index (χ1v) is 4.57. The lowest BCUT2D eigenvalue weighted by Gasteiger charge is -1.90. The van der Waals surface area contributed by atoms with E-state index >= 15 is 0 Å². The Balaban J connectivity index is 2.86. The SMILES string of the molecule is Cc1cc2cccc(C=O)c2s1. The number of hydrogen-bond donors (Lipinski definition) is 0. The van der Waals surface area contributed by atoms with E-state index in [9.17, 15) is 4.79 Å². The number of fused-ring (bicyclic) bond motifs is 1. The van der Waals surface area contributed by atoms with Crippen molar-refractivity contribution in [2.24, 2.45) is 0 Å². The highest BCUT2D eigenvalue weighted by molar-refractivity contribution is 7.19. The highest BCUT2D eigenvalue weighted by Crippen LogP contribution is 2.27. The van der Waals surface area contributed by atoms with Gasteiger partial charge < -0.3 is 0 Å². The Labute approximate surface area is 74.6 Å². The summed E-state index contributed by atoms with van der Waals surface area (Å²) in [6.07, 6.45) is 0.915. The fourth-order valence-electron chi connectivity index (χ4n) is 1.31. The third-order valence-corrected chi connectivity index (χ3v) is 2.94. The quantitative estimate of drug-likeness (QED) is 0.610. The first-order chi connectivity index (χ1) is 5.81. The van der Waals surface area contributed by atoms with Crippen molar-refractivity contribution < 1.29 is 4.79 Å². The molecule has 1 aromatic carbocycles. The molecule has 1 aromatic heterocycles. The van der Waals surface area contributed by atoms with E-state index < -0.39 is 0 Å². The van der Waals surface area contributed by atoms with Gasteiger partial charge in [0, 0.05) is 15.1 Å². The Morgan fingerprint density at radius 2 is 2.25 bits per heavy atom. The molecule has 0 saturated heterocycles. The number of benzene rings is 1. The molecule has 60 valence electrons. The molecule has 0 atom stereocenters. The van der Waals surface area contributed by atoms with Gasteiger partial charge in [0.15, 0.2) is 6.29 Å². The maximum absolute atomic E-state index is 10.6. The second kappa shape index (κ2) is 2.72. The summed E-state index contributed by atoms with van der Waals surface area (Å²) in [5.74, 6) is 0. The van der Waals surface area contributed by atoms with Crippen LogP contribution in [0.25, 0.3) is 10.1 Å². The summed E-state index contributed by atoms with van der Waals surface area (Å²) in [6.45, 7) is 2.05. The fourth-order valence-corrected chi connectivity index (χ4v) is 2.29. The summed E-state index contributed by atoms with van der Waals surface area (Å²) >= 11 is 1.67. The van der Waals surface area contributed by atoms with Crippen LogP contribution in [-0.2, 0) is 0 Å². The van der Waals surface area contributed by atoms with E-state index in [1.165, 1.54) is 10.3 Å². The van der Waals surface area contributed by atoms with Crippen molar-refractivity contribution in [3.8, 4) is 0 Å². The third kappa shape index (κ3) is 1.04. The zero-order valence-corrected chi connectivity index (χ0v) is 7.52. The molecule has 0 aliphatic rings. The minimum Gasteiger partial charge on any atom is -0.298 e. The summed E-state index contributed by atoms with van der Waals surface area (Å²) in [6, 6.07) is 7.91. The van der Waals surface area contributed by atoms with E-state index in [-0.39, 0.29) is 0 Å². The molecule has 0 spiro atoms. The number of aryl methyl sites for hydroxylation is 1. The van der Waals surface area contributed by atoms with Crippen molar-refractivity contribution in [2.75, 3.05) is 0 Å². The molecule has 0 N–H and O–H groups in total. The smallest absolute Gasteiger partial charge is 0.151 e. The second-order valence-electron chi connectivity index (χ2n) is 2.74. The van der Waals surface area contributed by atoms with Crippen LogP contribution in [0.1, 0.15) is 15.2 Å². The molecular formula is C10H8OS. The van der Waals surface area contributed by atoms with Gasteiger partial charge in [-0.1, -0.05) is 18.2 Å². The minimum absolute atomic E-state index is 0.797. The van der Waals surface area contributed by atoms with Gasteiger partial charge in [-0.05, 0) is 18.4 Å². The molecule has 0 radical (unpaired) electrons. The van der Waals surface area contributed by atoms with Crippen molar-refractivity contribution in [1.82, 2.24) is 0 Å². The molecule has 12 heavy (non-hydrogen) atoms. The van der Waals surface area contributed by atoms with Gasteiger partial charge in [-0.2, -0.15) is 0 Å². The van der Waals surface area contributed by atoms with Gasteiger partial charge >= 0.3 is 0 Å². The van der Waals surface area contributed by atoms with Gasteiger partial charge in [0.1, 0.15) is 0 Å². The molecular weight excluding hydrogens is 168 g/mol. The number of hydrogen-bond acceptors (Lipinski definition) is 2. The number of thiophene rings is 1. The van der Waals surface area contributed by atoms with Crippen LogP contribution in [0.2, 0.25) is 0 Å². The largest absolute Gasteiger partial charge is 0.298 e. The summed E-state index contributed by atoms with van der Waals surface area (Å²) in [5, 5.41) is 1.17. The van der Waals surface area contributed by atoms with E-state index in [1.807, 2.05) is 18.2 Å². The van der Waals surface area contributed by atoms with Crippen molar-refractivity contribution >= 4 is 27.7 Å². The van der Waals surface area contributed by atoms with Crippen LogP contribution in [0.15, 0.2) is 24.3 Å². The molecule has 0 amide bonds. The average Bonchev–Trinajstić information content (AvgIpc) is 2.44. The van der Waals surface area contributed by atoms with Crippen LogP contribution in [0.4, 0.5) is 0 Å². The lowest BCUT2D eigenvalue weighted by atomic mass is 10.2. The van der Waals surface area contributed by atoms with Crippen LogP contribution in [-0.4, -0.2) is 6.29 Å². The highest BCUT2D eigenvalue weighted by atomic mass is 32.1. The van der Waals surface area contributed by atoms with E-state index in [0.29, 0.717) is 0 Å². The molecule has 0 unspecified atom stereocenters. The summed E-state index contributed by atoms with van der Waals surface area (Å²) in [7, 11) is 0. The Bertz CT molecular complexity index is 428. The Morgan fingerprint density at radius 1 is 1.42 bits per heavy atom. The molecule has 0 bridgehead atoms. The van der Waals surface area contributed by atoms with Crippen molar-refractivity contribution in [3.63, 3.8) is 0 Å². The standard InChI is InChI=1S/C10H8OS/c1-7-5-8-3-2-4-9(6-11)10(8)12-7/h2-6H,1H3. The third-order valence-electron chi connectivity index (χ3n) is 1.82. The van der Waals surface area contributed by atoms with Gasteiger partial charge in [0.25, 0.3) is 0 Å². The fraction of sp³-hybridized carbons (Fsp3) is 0.100. The molecule has 0 fully saturated rings. The first-order valence-electron chi connectivity index (χ1n) is 3.75. The average molecular weight is 176 g/mol. The monoisotopic (exact) mass is 176 g/mol. The van der Waals surface area contributed by atoms with Crippen LogP contribution in [0.3, 0.4) is 0 Å². The summed E-state index contributed by atoms with van der Waals surface area (Å²) < 4.78 is 1.10.